The number of rotatable bonds is 9. The minimum absolute atomic E-state index is 0.296. The third-order valence-electron chi connectivity index (χ3n) is 6.02. The van der Waals surface area contributed by atoms with Crippen molar-refractivity contribution in [1.29, 1.82) is 0 Å². The van der Waals surface area contributed by atoms with Gasteiger partial charge in [0.1, 0.15) is 6.04 Å². The Morgan fingerprint density at radius 2 is 1.59 bits per heavy atom. The van der Waals surface area contributed by atoms with Gasteiger partial charge in [0.25, 0.3) is 5.91 Å². The van der Waals surface area contributed by atoms with Crippen LogP contribution in [0, 0.1) is 20.8 Å². The zero-order chi connectivity index (χ0) is 28.9. The smallest absolute Gasteiger partial charge is 0.261 e. The van der Waals surface area contributed by atoms with Crippen molar-refractivity contribution in [2.75, 3.05) is 25.7 Å². The van der Waals surface area contributed by atoms with E-state index in [1.54, 1.807) is 35.7 Å². The van der Waals surface area contributed by atoms with Crippen molar-refractivity contribution in [2.45, 2.75) is 53.1 Å². The van der Waals surface area contributed by atoms with Gasteiger partial charge in [-0.05, 0) is 81.8 Å². The highest BCUT2D eigenvalue weighted by Crippen LogP contribution is 2.37. The minimum Gasteiger partial charge on any atom is -0.493 e. The van der Waals surface area contributed by atoms with Crippen molar-refractivity contribution in [3.05, 3.63) is 75.0 Å². The Hall–Kier alpha value is -3.85. The predicted molar refractivity (Wildman–Crippen MR) is 155 cm³/mol. The quantitative estimate of drug-likeness (QED) is 0.385. The summed E-state index contributed by atoms with van der Waals surface area (Å²) >= 11 is 1.29. The third-order valence-corrected chi connectivity index (χ3v) is 6.89. The normalized spacial score (nSPS) is 11.9. The van der Waals surface area contributed by atoms with Crippen LogP contribution in [0.4, 0.5) is 5.69 Å². The van der Waals surface area contributed by atoms with Gasteiger partial charge in [0.15, 0.2) is 11.5 Å². The predicted octanol–water partition coefficient (Wildman–Crippen LogP) is 5.11. The Kier molecular flexibility index (Phi) is 9.40. The van der Waals surface area contributed by atoms with Crippen LogP contribution in [-0.2, 0) is 9.59 Å². The van der Waals surface area contributed by atoms with Gasteiger partial charge in [-0.25, -0.2) is 0 Å². The number of hydrogen-bond donors (Lipinski definition) is 2. The number of nitrogens with zero attached hydrogens (tertiary/aromatic N) is 1. The molecule has 0 saturated carbocycles. The lowest BCUT2D eigenvalue weighted by Gasteiger charge is -2.35. The monoisotopic (exact) mass is 551 g/mol. The van der Waals surface area contributed by atoms with Gasteiger partial charge in [-0.1, -0.05) is 29.8 Å². The summed E-state index contributed by atoms with van der Waals surface area (Å²) in [6, 6.07) is 11.5. The first-order chi connectivity index (χ1) is 18.4. The zero-order valence-corrected chi connectivity index (χ0v) is 24.6. The number of methoxy groups -OCH3 is 2. The molecule has 0 aliphatic carbocycles. The Bertz CT molecular complexity index is 1320. The molecule has 39 heavy (non-hydrogen) atoms. The number of anilines is 1. The first kappa shape index (κ1) is 29.7. The molecule has 8 nitrogen and oxygen atoms in total. The van der Waals surface area contributed by atoms with E-state index in [1.807, 2.05) is 53.7 Å². The number of nitrogens with one attached hydrogen (secondary N) is 2. The molecular formula is C30H37N3O5S. The number of ether oxygens (including phenoxy) is 2. The van der Waals surface area contributed by atoms with E-state index in [-0.39, 0.29) is 18.4 Å². The van der Waals surface area contributed by atoms with E-state index in [9.17, 15) is 14.4 Å². The molecule has 3 rings (SSSR count). The van der Waals surface area contributed by atoms with E-state index in [0.717, 1.165) is 16.7 Å². The van der Waals surface area contributed by atoms with Crippen molar-refractivity contribution >= 4 is 34.7 Å². The van der Waals surface area contributed by atoms with Crippen LogP contribution in [0.15, 0.2) is 47.8 Å². The molecule has 0 saturated heterocycles. The molecule has 0 spiro atoms. The van der Waals surface area contributed by atoms with Crippen LogP contribution in [0.3, 0.4) is 0 Å². The lowest BCUT2D eigenvalue weighted by atomic mass is 9.97. The Morgan fingerprint density at radius 1 is 0.949 bits per heavy atom. The van der Waals surface area contributed by atoms with Crippen molar-refractivity contribution < 1.29 is 23.9 Å². The molecule has 9 heteroatoms. The molecule has 0 radical (unpaired) electrons. The summed E-state index contributed by atoms with van der Waals surface area (Å²) in [5, 5.41) is 7.56. The van der Waals surface area contributed by atoms with Crippen LogP contribution < -0.4 is 25.0 Å². The highest BCUT2D eigenvalue weighted by atomic mass is 32.1. The maximum atomic E-state index is 14.0. The summed E-state index contributed by atoms with van der Waals surface area (Å²) < 4.78 is 10.9. The lowest BCUT2D eigenvalue weighted by Crippen LogP contribution is -2.51. The number of hydrogen-bond acceptors (Lipinski definition) is 6. The minimum atomic E-state index is -1.06. The fraction of sp³-hybridized carbons (Fsp3) is 0.367. The Labute approximate surface area is 234 Å². The van der Waals surface area contributed by atoms with Crippen LogP contribution in [0.1, 0.15) is 58.7 Å². The fourth-order valence-corrected chi connectivity index (χ4v) is 5.20. The summed E-state index contributed by atoms with van der Waals surface area (Å²) in [6.45, 7) is 11.1. The van der Waals surface area contributed by atoms with Crippen LogP contribution >= 0.6 is 11.3 Å². The third kappa shape index (κ3) is 7.17. The molecule has 1 aromatic heterocycles. The zero-order valence-electron chi connectivity index (χ0n) is 23.8. The molecule has 208 valence electrons. The van der Waals surface area contributed by atoms with Crippen LogP contribution in [0.5, 0.6) is 11.5 Å². The lowest BCUT2D eigenvalue weighted by molar-refractivity contribution is -0.127. The molecule has 3 amide bonds. The van der Waals surface area contributed by atoms with Crippen LogP contribution in [-0.4, -0.2) is 44.0 Å². The van der Waals surface area contributed by atoms with Crippen molar-refractivity contribution in [1.82, 2.24) is 10.6 Å². The van der Waals surface area contributed by atoms with E-state index in [1.165, 1.54) is 30.5 Å². The standard InChI is InChI=1S/C30H37N3O5S/c1-18-14-19(2)26(20(3)15-18)33(25(34)17-31-28(35)24-10-9-13-39-24)27(29(36)32-30(4,5)6)21-11-12-22(37-7)23(16-21)38-8/h9-16,27H,17H2,1-8H3,(H,31,35)(H,32,36). The largest absolute Gasteiger partial charge is 0.493 e. The Balaban J connectivity index is 2.18. The van der Waals surface area contributed by atoms with Crippen molar-refractivity contribution in [3.8, 4) is 11.5 Å². The highest BCUT2D eigenvalue weighted by Gasteiger charge is 2.36. The van der Waals surface area contributed by atoms with Gasteiger partial charge in [0.05, 0.1) is 31.3 Å². The van der Waals surface area contributed by atoms with Crippen molar-refractivity contribution in [2.24, 2.45) is 0 Å². The van der Waals surface area contributed by atoms with E-state index >= 15 is 0 Å². The van der Waals surface area contributed by atoms with Gasteiger partial charge in [-0.3, -0.25) is 19.3 Å². The number of thiophene rings is 1. The summed E-state index contributed by atoms with van der Waals surface area (Å²) in [7, 11) is 3.05. The first-order valence-corrected chi connectivity index (χ1v) is 13.5. The van der Waals surface area contributed by atoms with E-state index < -0.39 is 17.5 Å². The second kappa shape index (κ2) is 12.3. The summed E-state index contributed by atoms with van der Waals surface area (Å²) in [5.74, 6) is -0.220. The molecule has 1 heterocycles. The molecule has 1 unspecified atom stereocenters. The second-order valence-electron chi connectivity index (χ2n) is 10.4. The topological polar surface area (TPSA) is 97.0 Å². The Morgan fingerprint density at radius 3 is 2.13 bits per heavy atom. The summed E-state index contributed by atoms with van der Waals surface area (Å²) in [5.41, 5.74) is 3.28. The number of carbonyl (C=O) groups is 3. The van der Waals surface area contributed by atoms with Gasteiger partial charge < -0.3 is 20.1 Å². The summed E-state index contributed by atoms with van der Waals surface area (Å²) in [4.78, 5) is 42.7. The first-order valence-electron chi connectivity index (χ1n) is 12.6. The van der Waals surface area contributed by atoms with Gasteiger partial charge in [-0.2, -0.15) is 0 Å². The van der Waals surface area contributed by atoms with Gasteiger partial charge >= 0.3 is 0 Å². The van der Waals surface area contributed by atoms with Gasteiger partial charge in [-0.15, -0.1) is 11.3 Å². The molecule has 3 aromatic rings. The number of carbonyl (C=O) groups excluding carboxylic acids is 3. The fourth-order valence-electron chi connectivity index (χ4n) is 4.56. The van der Waals surface area contributed by atoms with Gasteiger partial charge in [0, 0.05) is 5.54 Å². The summed E-state index contributed by atoms with van der Waals surface area (Å²) in [6.07, 6.45) is 0. The number of benzene rings is 2. The van der Waals surface area contributed by atoms with E-state index in [0.29, 0.717) is 27.6 Å². The van der Waals surface area contributed by atoms with Crippen LogP contribution in [0.25, 0.3) is 0 Å². The molecule has 0 fully saturated rings. The van der Waals surface area contributed by atoms with E-state index in [4.69, 9.17) is 9.47 Å². The highest BCUT2D eigenvalue weighted by molar-refractivity contribution is 7.12. The molecule has 0 aliphatic rings. The molecule has 2 aromatic carbocycles. The second-order valence-corrected chi connectivity index (χ2v) is 11.4. The number of aryl methyl sites for hydroxylation is 3. The molecule has 1 atom stereocenters. The molecule has 2 N–H and O–H groups in total. The maximum absolute atomic E-state index is 14.0. The van der Waals surface area contributed by atoms with E-state index in [2.05, 4.69) is 10.6 Å². The van der Waals surface area contributed by atoms with Crippen molar-refractivity contribution in [3.63, 3.8) is 0 Å². The van der Waals surface area contributed by atoms with Crippen LogP contribution in [0.2, 0.25) is 0 Å². The van der Waals surface area contributed by atoms with Gasteiger partial charge in [0.2, 0.25) is 11.8 Å². The molecule has 0 bridgehead atoms. The number of amides is 3. The average Bonchev–Trinajstić information content (AvgIpc) is 3.40. The molecular weight excluding hydrogens is 514 g/mol. The average molecular weight is 552 g/mol. The SMILES string of the molecule is COc1ccc(C(C(=O)NC(C)(C)C)N(C(=O)CNC(=O)c2cccs2)c2c(C)cc(C)cc2C)cc1OC. The maximum Gasteiger partial charge on any atom is 0.261 e. The molecule has 0 aliphatic heterocycles.